The molecule has 0 saturated carbocycles. The van der Waals surface area contributed by atoms with Crippen molar-refractivity contribution in [3.05, 3.63) is 70.1 Å². The molecule has 0 aliphatic carbocycles. The summed E-state index contributed by atoms with van der Waals surface area (Å²) in [4.78, 5) is 14.3. The van der Waals surface area contributed by atoms with Gasteiger partial charge in [-0.25, -0.2) is 0 Å². The summed E-state index contributed by atoms with van der Waals surface area (Å²) in [5, 5.41) is 10.8. The van der Waals surface area contributed by atoms with Crippen LogP contribution >= 0.6 is 11.3 Å². The van der Waals surface area contributed by atoms with Crippen LogP contribution in [0.3, 0.4) is 0 Å². The summed E-state index contributed by atoms with van der Waals surface area (Å²) in [7, 11) is 0. The van der Waals surface area contributed by atoms with Gasteiger partial charge in [0.05, 0.1) is 6.26 Å². The number of carbonyl (C=O) groups is 1. The maximum absolute atomic E-state index is 12.5. The predicted octanol–water partition coefficient (Wildman–Crippen LogP) is 3.74. The lowest BCUT2D eigenvalue weighted by molar-refractivity contribution is 0.0674. The molecule has 3 heterocycles. The quantitative estimate of drug-likeness (QED) is 0.717. The smallest absolute Gasteiger partial charge is 0.289 e. The van der Waals surface area contributed by atoms with Crippen LogP contribution in [0, 0.1) is 0 Å². The van der Waals surface area contributed by atoms with Crippen LogP contribution in [0.2, 0.25) is 0 Å². The minimum absolute atomic E-state index is 0.0382. The lowest BCUT2D eigenvalue weighted by Crippen LogP contribution is -2.38. The van der Waals surface area contributed by atoms with Gasteiger partial charge in [0.1, 0.15) is 10.0 Å². The molecule has 4 rings (SSSR count). The Morgan fingerprint density at radius 3 is 2.88 bits per heavy atom. The van der Waals surface area contributed by atoms with Gasteiger partial charge in [-0.15, -0.1) is 21.5 Å². The Bertz CT molecular complexity index is 829. The highest BCUT2D eigenvalue weighted by Crippen LogP contribution is 2.30. The molecule has 128 valence electrons. The molecular formula is C19H19N3O2S. The molecule has 1 fully saturated rings. The lowest BCUT2D eigenvalue weighted by atomic mass is 9.98. The van der Waals surface area contributed by atoms with Crippen molar-refractivity contribution in [1.29, 1.82) is 0 Å². The summed E-state index contributed by atoms with van der Waals surface area (Å²) in [5.74, 6) is 0.626. The topological polar surface area (TPSA) is 59.2 Å². The van der Waals surface area contributed by atoms with Crippen molar-refractivity contribution in [3.8, 4) is 0 Å². The Kier molecular flexibility index (Phi) is 4.61. The van der Waals surface area contributed by atoms with Crippen LogP contribution in [0.25, 0.3) is 0 Å². The van der Waals surface area contributed by atoms with Crippen molar-refractivity contribution in [2.75, 3.05) is 13.1 Å². The maximum Gasteiger partial charge on any atom is 0.289 e. The fourth-order valence-corrected chi connectivity index (χ4v) is 4.20. The summed E-state index contributed by atoms with van der Waals surface area (Å²) in [6, 6.07) is 13.8. The summed E-state index contributed by atoms with van der Waals surface area (Å²) in [6.07, 6.45) is 4.36. The lowest BCUT2D eigenvalue weighted by Gasteiger charge is -2.30. The Morgan fingerprint density at radius 2 is 2.08 bits per heavy atom. The van der Waals surface area contributed by atoms with E-state index in [2.05, 4.69) is 22.3 Å². The zero-order valence-electron chi connectivity index (χ0n) is 13.8. The van der Waals surface area contributed by atoms with Gasteiger partial charge in [-0.05, 0) is 30.5 Å². The molecule has 1 aliphatic heterocycles. The number of hydrogen-bond acceptors (Lipinski definition) is 5. The monoisotopic (exact) mass is 353 g/mol. The number of likely N-dealkylation sites (tertiary alicyclic amines) is 1. The second kappa shape index (κ2) is 7.19. The van der Waals surface area contributed by atoms with Gasteiger partial charge in [0.2, 0.25) is 0 Å². The minimum Gasteiger partial charge on any atom is -0.459 e. The molecule has 1 aliphatic rings. The largest absolute Gasteiger partial charge is 0.459 e. The number of carbonyl (C=O) groups excluding carboxylic acids is 1. The first kappa shape index (κ1) is 16.0. The first-order valence-electron chi connectivity index (χ1n) is 8.48. The van der Waals surface area contributed by atoms with E-state index in [1.807, 2.05) is 23.1 Å². The van der Waals surface area contributed by atoms with Crippen LogP contribution in [0.1, 0.15) is 44.9 Å². The van der Waals surface area contributed by atoms with Crippen LogP contribution in [-0.2, 0) is 6.42 Å². The number of hydrogen-bond donors (Lipinski definition) is 0. The number of aromatic nitrogens is 2. The maximum atomic E-state index is 12.5. The Balaban J connectivity index is 1.44. The molecule has 1 atom stereocenters. The van der Waals surface area contributed by atoms with Gasteiger partial charge in [0.25, 0.3) is 5.91 Å². The van der Waals surface area contributed by atoms with Crippen molar-refractivity contribution in [3.63, 3.8) is 0 Å². The zero-order chi connectivity index (χ0) is 17.1. The van der Waals surface area contributed by atoms with E-state index >= 15 is 0 Å². The van der Waals surface area contributed by atoms with Crippen LogP contribution in [0.15, 0.2) is 53.1 Å². The zero-order valence-corrected chi connectivity index (χ0v) is 14.6. The van der Waals surface area contributed by atoms with Crippen LogP contribution in [0.4, 0.5) is 0 Å². The number of amides is 1. The van der Waals surface area contributed by atoms with Crippen molar-refractivity contribution >= 4 is 17.2 Å². The molecule has 2 aromatic heterocycles. The van der Waals surface area contributed by atoms with Crippen LogP contribution < -0.4 is 0 Å². The molecule has 3 aromatic rings. The van der Waals surface area contributed by atoms with Crippen LogP contribution in [0.5, 0.6) is 0 Å². The molecular weight excluding hydrogens is 334 g/mol. The van der Waals surface area contributed by atoms with Crippen molar-refractivity contribution in [2.24, 2.45) is 0 Å². The molecule has 0 N–H and O–H groups in total. The van der Waals surface area contributed by atoms with E-state index in [-0.39, 0.29) is 11.8 Å². The average Bonchev–Trinajstić information content (AvgIpc) is 3.34. The fraction of sp³-hybridized carbons (Fsp3) is 0.316. The SMILES string of the molecule is O=C(c1ccco1)N1CCCC(c2nnc(Cc3ccccc3)s2)C1. The third-order valence-corrected chi connectivity index (χ3v) is 5.56. The van der Waals surface area contributed by atoms with Gasteiger partial charge in [-0.2, -0.15) is 0 Å². The third-order valence-electron chi connectivity index (χ3n) is 4.47. The number of rotatable bonds is 4. The Hall–Kier alpha value is -2.47. The average molecular weight is 353 g/mol. The van der Waals surface area contributed by atoms with Gasteiger partial charge in [0.15, 0.2) is 5.76 Å². The molecule has 1 saturated heterocycles. The first-order valence-corrected chi connectivity index (χ1v) is 9.30. The summed E-state index contributed by atoms with van der Waals surface area (Å²) in [5.41, 5.74) is 1.24. The first-order chi connectivity index (χ1) is 12.3. The summed E-state index contributed by atoms with van der Waals surface area (Å²) in [6.45, 7) is 1.45. The second-order valence-electron chi connectivity index (χ2n) is 6.26. The summed E-state index contributed by atoms with van der Waals surface area (Å²) >= 11 is 1.66. The molecule has 5 nitrogen and oxygen atoms in total. The van der Waals surface area contributed by atoms with Crippen molar-refractivity contribution in [2.45, 2.75) is 25.2 Å². The standard InChI is InChI=1S/C19H19N3O2S/c23-19(16-9-5-11-24-16)22-10-4-8-15(13-22)18-21-20-17(25-18)12-14-6-2-1-3-7-14/h1-3,5-7,9,11,15H,4,8,10,12-13H2. The van der Waals surface area contributed by atoms with E-state index in [9.17, 15) is 4.79 Å². The molecule has 1 amide bonds. The number of furan rings is 1. The summed E-state index contributed by atoms with van der Waals surface area (Å²) < 4.78 is 5.24. The molecule has 1 aromatic carbocycles. The molecule has 6 heteroatoms. The van der Waals surface area contributed by atoms with E-state index in [1.165, 1.54) is 11.8 Å². The van der Waals surface area contributed by atoms with E-state index in [1.54, 1.807) is 23.5 Å². The van der Waals surface area contributed by atoms with Crippen molar-refractivity contribution in [1.82, 2.24) is 15.1 Å². The van der Waals surface area contributed by atoms with Gasteiger partial charge >= 0.3 is 0 Å². The number of piperidine rings is 1. The van der Waals surface area contributed by atoms with E-state index in [0.717, 1.165) is 35.8 Å². The second-order valence-corrected chi connectivity index (χ2v) is 7.36. The molecule has 0 bridgehead atoms. The number of nitrogens with zero attached hydrogens (tertiary/aromatic N) is 3. The Labute approximate surface area is 150 Å². The molecule has 1 unspecified atom stereocenters. The normalized spacial score (nSPS) is 17.6. The van der Waals surface area contributed by atoms with Gasteiger partial charge < -0.3 is 9.32 Å². The van der Waals surface area contributed by atoms with Gasteiger partial charge in [-0.3, -0.25) is 4.79 Å². The third kappa shape index (κ3) is 3.64. The fourth-order valence-electron chi connectivity index (χ4n) is 3.19. The highest BCUT2D eigenvalue weighted by molar-refractivity contribution is 7.11. The van der Waals surface area contributed by atoms with Crippen molar-refractivity contribution < 1.29 is 9.21 Å². The molecule has 0 spiro atoms. The van der Waals surface area contributed by atoms with Gasteiger partial charge in [-0.1, -0.05) is 30.3 Å². The molecule has 0 radical (unpaired) electrons. The Morgan fingerprint density at radius 1 is 1.20 bits per heavy atom. The van der Waals surface area contributed by atoms with Gasteiger partial charge in [0, 0.05) is 25.4 Å². The van der Waals surface area contributed by atoms with E-state index < -0.39 is 0 Å². The highest BCUT2D eigenvalue weighted by Gasteiger charge is 2.28. The predicted molar refractivity (Wildman–Crippen MR) is 95.7 cm³/mol. The van der Waals surface area contributed by atoms with Crippen LogP contribution in [-0.4, -0.2) is 34.1 Å². The highest BCUT2D eigenvalue weighted by atomic mass is 32.1. The molecule has 25 heavy (non-hydrogen) atoms. The number of benzene rings is 1. The minimum atomic E-state index is -0.0382. The van der Waals surface area contributed by atoms with E-state index in [0.29, 0.717) is 12.3 Å². The van der Waals surface area contributed by atoms with E-state index in [4.69, 9.17) is 4.42 Å².